The van der Waals surface area contributed by atoms with Crippen molar-refractivity contribution in [2.75, 3.05) is 0 Å². The standard InChI is InChI=1S/C11H15N3O2/c1-8(11(2,3)15)16-9-6-10-12-4-5-14(10)13-7-9/h4-8,15H,1-3H3/t8-/m0/s1. The van der Waals surface area contributed by atoms with Crippen molar-refractivity contribution in [3.8, 4) is 5.75 Å². The maximum atomic E-state index is 9.75. The van der Waals surface area contributed by atoms with Crippen molar-refractivity contribution in [1.82, 2.24) is 14.6 Å². The molecule has 0 unspecified atom stereocenters. The first-order valence-electron chi connectivity index (χ1n) is 5.15. The number of aliphatic hydroxyl groups is 1. The summed E-state index contributed by atoms with van der Waals surface area (Å²) in [5, 5.41) is 13.9. The molecule has 0 saturated carbocycles. The zero-order valence-corrected chi connectivity index (χ0v) is 9.58. The second-order valence-electron chi connectivity index (χ2n) is 4.34. The molecule has 16 heavy (non-hydrogen) atoms. The first-order chi connectivity index (χ1) is 7.47. The van der Waals surface area contributed by atoms with Gasteiger partial charge in [-0.25, -0.2) is 9.50 Å². The van der Waals surface area contributed by atoms with Crippen LogP contribution in [0.25, 0.3) is 5.65 Å². The average molecular weight is 221 g/mol. The van der Waals surface area contributed by atoms with E-state index in [0.717, 1.165) is 5.65 Å². The molecule has 0 aliphatic carbocycles. The third kappa shape index (κ3) is 2.14. The number of rotatable bonds is 3. The van der Waals surface area contributed by atoms with Crippen molar-refractivity contribution >= 4 is 5.65 Å². The van der Waals surface area contributed by atoms with E-state index >= 15 is 0 Å². The molecule has 0 bridgehead atoms. The molecule has 0 fully saturated rings. The fourth-order valence-electron chi connectivity index (χ4n) is 1.21. The number of aromatic nitrogens is 3. The van der Waals surface area contributed by atoms with Crippen molar-refractivity contribution < 1.29 is 9.84 Å². The van der Waals surface area contributed by atoms with Crippen LogP contribution in [0.2, 0.25) is 0 Å². The van der Waals surface area contributed by atoms with E-state index in [4.69, 9.17) is 4.74 Å². The van der Waals surface area contributed by atoms with Gasteiger partial charge in [-0.3, -0.25) is 0 Å². The lowest BCUT2D eigenvalue weighted by atomic mass is 10.0. The Bertz CT molecular complexity index is 487. The fraction of sp³-hybridized carbons (Fsp3) is 0.455. The van der Waals surface area contributed by atoms with Gasteiger partial charge in [0.1, 0.15) is 11.9 Å². The Morgan fingerprint density at radius 2 is 2.25 bits per heavy atom. The Hall–Kier alpha value is -1.62. The maximum Gasteiger partial charge on any atom is 0.157 e. The van der Waals surface area contributed by atoms with E-state index in [2.05, 4.69) is 10.1 Å². The highest BCUT2D eigenvalue weighted by molar-refractivity contribution is 5.41. The van der Waals surface area contributed by atoms with Crippen molar-refractivity contribution in [3.05, 3.63) is 24.7 Å². The Kier molecular flexibility index (Phi) is 2.55. The minimum absolute atomic E-state index is 0.313. The second kappa shape index (κ2) is 3.75. The molecule has 5 nitrogen and oxygen atoms in total. The van der Waals surface area contributed by atoms with Gasteiger partial charge in [-0.05, 0) is 20.8 Å². The van der Waals surface area contributed by atoms with Crippen LogP contribution < -0.4 is 4.74 Å². The molecule has 2 rings (SSSR count). The van der Waals surface area contributed by atoms with Gasteiger partial charge in [0.25, 0.3) is 0 Å². The van der Waals surface area contributed by atoms with Crippen LogP contribution in [0.4, 0.5) is 0 Å². The molecule has 2 aromatic rings. The molecule has 0 saturated heterocycles. The van der Waals surface area contributed by atoms with Crippen LogP contribution >= 0.6 is 0 Å². The predicted octanol–water partition coefficient (Wildman–Crippen LogP) is 1.27. The lowest BCUT2D eigenvalue weighted by Crippen LogP contribution is -2.37. The van der Waals surface area contributed by atoms with E-state index in [1.54, 1.807) is 43.0 Å². The van der Waals surface area contributed by atoms with Crippen LogP contribution in [0.1, 0.15) is 20.8 Å². The molecular formula is C11H15N3O2. The summed E-state index contributed by atoms with van der Waals surface area (Å²) in [4.78, 5) is 4.11. The van der Waals surface area contributed by atoms with Gasteiger partial charge in [0.15, 0.2) is 5.65 Å². The highest BCUT2D eigenvalue weighted by Gasteiger charge is 2.24. The normalized spacial score (nSPS) is 14.0. The van der Waals surface area contributed by atoms with E-state index < -0.39 is 5.60 Å². The van der Waals surface area contributed by atoms with E-state index in [9.17, 15) is 5.11 Å². The average Bonchev–Trinajstić information content (AvgIpc) is 2.63. The molecule has 0 radical (unpaired) electrons. The van der Waals surface area contributed by atoms with E-state index in [1.807, 2.05) is 6.92 Å². The van der Waals surface area contributed by atoms with E-state index in [0.29, 0.717) is 5.75 Å². The minimum atomic E-state index is -0.887. The highest BCUT2D eigenvalue weighted by Crippen LogP contribution is 2.18. The largest absolute Gasteiger partial charge is 0.486 e. The third-order valence-electron chi connectivity index (χ3n) is 2.54. The number of hydrogen-bond donors (Lipinski definition) is 1. The molecule has 0 spiro atoms. The maximum absolute atomic E-state index is 9.75. The predicted molar refractivity (Wildman–Crippen MR) is 59.4 cm³/mol. The highest BCUT2D eigenvalue weighted by atomic mass is 16.5. The second-order valence-corrected chi connectivity index (χ2v) is 4.34. The smallest absolute Gasteiger partial charge is 0.157 e. The molecule has 0 aliphatic heterocycles. The van der Waals surface area contributed by atoms with Crippen molar-refractivity contribution in [1.29, 1.82) is 0 Å². The van der Waals surface area contributed by atoms with Crippen molar-refractivity contribution in [2.45, 2.75) is 32.5 Å². The molecule has 0 amide bonds. The zero-order chi connectivity index (χ0) is 11.8. The fourth-order valence-corrected chi connectivity index (χ4v) is 1.21. The minimum Gasteiger partial charge on any atom is -0.486 e. The summed E-state index contributed by atoms with van der Waals surface area (Å²) in [6.45, 7) is 5.23. The summed E-state index contributed by atoms with van der Waals surface area (Å²) in [5.74, 6) is 0.605. The Balaban J connectivity index is 2.21. The number of imidazole rings is 1. The quantitative estimate of drug-likeness (QED) is 0.847. The summed E-state index contributed by atoms with van der Waals surface area (Å²) in [6, 6.07) is 1.79. The van der Waals surface area contributed by atoms with Gasteiger partial charge >= 0.3 is 0 Å². The summed E-state index contributed by atoms with van der Waals surface area (Å²) >= 11 is 0. The molecule has 0 aromatic carbocycles. The van der Waals surface area contributed by atoms with Crippen molar-refractivity contribution in [3.63, 3.8) is 0 Å². The van der Waals surface area contributed by atoms with E-state index in [1.165, 1.54) is 0 Å². The third-order valence-corrected chi connectivity index (χ3v) is 2.54. The zero-order valence-electron chi connectivity index (χ0n) is 9.58. The molecule has 0 aliphatic rings. The summed E-state index contributed by atoms with van der Waals surface area (Å²) in [5.41, 5.74) is -0.165. The van der Waals surface area contributed by atoms with Crippen LogP contribution in [0, 0.1) is 0 Å². The Morgan fingerprint density at radius 3 is 2.94 bits per heavy atom. The molecular weight excluding hydrogens is 206 g/mol. The summed E-state index contributed by atoms with van der Waals surface area (Å²) in [6.07, 6.45) is 4.73. The van der Waals surface area contributed by atoms with Gasteiger partial charge < -0.3 is 9.84 Å². The number of nitrogens with zero attached hydrogens (tertiary/aromatic N) is 3. The van der Waals surface area contributed by atoms with Gasteiger partial charge in [0.2, 0.25) is 0 Å². The van der Waals surface area contributed by atoms with E-state index in [-0.39, 0.29) is 6.10 Å². The SMILES string of the molecule is C[C@H](Oc1cnn2ccnc2c1)C(C)(C)O. The first-order valence-corrected chi connectivity index (χ1v) is 5.15. The van der Waals surface area contributed by atoms with Gasteiger partial charge in [-0.15, -0.1) is 0 Å². The van der Waals surface area contributed by atoms with Gasteiger partial charge in [0, 0.05) is 18.5 Å². The number of hydrogen-bond acceptors (Lipinski definition) is 4. The van der Waals surface area contributed by atoms with Gasteiger partial charge in [-0.1, -0.05) is 0 Å². The topological polar surface area (TPSA) is 59.7 Å². The Morgan fingerprint density at radius 1 is 1.50 bits per heavy atom. The monoisotopic (exact) mass is 221 g/mol. The molecule has 1 N–H and O–H groups in total. The molecule has 1 atom stereocenters. The number of fused-ring (bicyclic) bond motifs is 1. The number of ether oxygens (including phenoxy) is 1. The molecule has 2 heterocycles. The van der Waals surface area contributed by atoms with Crippen LogP contribution in [-0.2, 0) is 0 Å². The Labute approximate surface area is 93.7 Å². The molecule has 86 valence electrons. The molecule has 5 heteroatoms. The van der Waals surface area contributed by atoms with Crippen molar-refractivity contribution in [2.24, 2.45) is 0 Å². The first kappa shape index (κ1) is 10.9. The lowest BCUT2D eigenvalue weighted by molar-refractivity contribution is -0.0242. The van der Waals surface area contributed by atoms with Crippen LogP contribution in [-0.4, -0.2) is 31.4 Å². The van der Waals surface area contributed by atoms with Gasteiger partial charge in [0.05, 0.1) is 11.8 Å². The molecule has 2 aromatic heterocycles. The van der Waals surface area contributed by atoms with Crippen LogP contribution in [0.15, 0.2) is 24.7 Å². The van der Waals surface area contributed by atoms with Gasteiger partial charge in [-0.2, -0.15) is 5.10 Å². The van der Waals surface area contributed by atoms with Crippen LogP contribution in [0.3, 0.4) is 0 Å². The summed E-state index contributed by atoms with van der Waals surface area (Å²) < 4.78 is 7.24. The lowest BCUT2D eigenvalue weighted by Gasteiger charge is -2.26. The summed E-state index contributed by atoms with van der Waals surface area (Å²) in [7, 11) is 0. The van der Waals surface area contributed by atoms with Crippen LogP contribution in [0.5, 0.6) is 5.75 Å².